The molecule has 1 saturated heterocycles. The molecule has 156 valence electrons. The largest absolute Gasteiger partial charge is 0.369 e. The molecule has 1 aliphatic rings. The van der Waals surface area contributed by atoms with Gasteiger partial charge in [-0.2, -0.15) is 15.0 Å². The van der Waals surface area contributed by atoms with Crippen LogP contribution in [0, 0.1) is 19.7 Å². The third kappa shape index (κ3) is 4.83. The van der Waals surface area contributed by atoms with E-state index >= 15 is 0 Å². The summed E-state index contributed by atoms with van der Waals surface area (Å²) >= 11 is 0. The van der Waals surface area contributed by atoms with Crippen molar-refractivity contribution in [2.45, 2.75) is 20.4 Å². The second-order valence-corrected chi connectivity index (χ2v) is 7.62. The second-order valence-electron chi connectivity index (χ2n) is 7.62. The highest BCUT2D eigenvalue weighted by atomic mass is 19.1. The quantitative estimate of drug-likeness (QED) is 0.672. The van der Waals surface area contributed by atoms with E-state index in [1.165, 1.54) is 17.7 Å². The summed E-state index contributed by atoms with van der Waals surface area (Å²) in [6.07, 6.45) is 0. The zero-order valence-corrected chi connectivity index (χ0v) is 17.3. The minimum atomic E-state index is -0.213. The maximum absolute atomic E-state index is 13.1. The second kappa shape index (κ2) is 8.62. The lowest BCUT2D eigenvalue weighted by Gasteiger charge is -2.35. The minimum absolute atomic E-state index is 0.206. The number of piperazine rings is 1. The van der Waals surface area contributed by atoms with Crippen LogP contribution in [0.4, 0.5) is 27.7 Å². The van der Waals surface area contributed by atoms with Crippen molar-refractivity contribution in [3.63, 3.8) is 0 Å². The Morgan fingerprint density at radius 2 is 1.70 bits per heavy atom. The third-order valence-corrected chi connectivity index (χ3v) is 5.26. The summed E-state index contributed by atoms with van der Waals surface area (Å²) in [5, 5.41) is 3.25. The van der Waals surface area contributed by atoms with Crippen LogP contribution in [0.2, 0.25) is 0 Å². The van der Waals surface area contributed by atoms with Gasteiger partial charge in [-0.15, -0.1) is 0 Å². The van der Waals surface area contributed by atoms with Crippen molar-refractivity contribution in [1.82, 2.24) is 19.9 Å². The molecule has 0 amide bonds. The summed E-state index contributed by atoms with van der Waals surface area (Å²) in [7, 11) is 0. The fourth-order valence-electron chi connectivity index (χ4n) is 3.65. The monoisotopic (exact) mass is 407 g/mol. The first-order valence-corrected chi connectivity index (χ1v) is 10.0. The molecule has 4 rings (SSSR count). The molecule has 1 fully saturated rings. The first-order valence-electron chi connectivity index (χ1n) is 10.0. The Balaban J connectivity index is 1.39. The molecule has 1 aliphatic heterocycles. The molecular weight excluding hydrogens is 381 g/mol. The number of aryl methyl sites for hydroxylation is 2. The molecule has 1 aromatic heterocycles. The fourth-order valence-corrected chi connectivity index (χ4v) is 3.65. The van der Waals surface area contributed by atoms with Crippen molar-refractivity contribution in [2.75, 3.05) is 42.1 Å². The van der Waals surface area contributed by atoms with Gasteiger partial charge in [0.2, 0.25) is 11.9 Å². The van der Waals surface area contributed by atoms with Gasteiger partial charge in [0.1, 0.15) is 11.6 Å². The standard InChI is InChI=1S/C22H26FN7/c1-15-3-8-19(16(2)13-15)25-22-27-20(26-21(24)28-22)14-29-9-11-30(12-10-29)18-6-4-17(23)5-7-18/h3-8,13H,9-12,14H2,1-2H3,(H3,24,25,26,27,28). The van der Waals surface area contributed by atoms with E-state index in [0.29, 0.717) is 18.3 Å². The lowest BCUT2D eigenvalue weighted by atomic mass is 10.1. The predicted molar refractivity (Wildman–Crippen MR) is 117 cm³/mol. The van der Waals surface area contributed by atoms with Gasteiger partial charge < -0.3 is 16.0 Å². The number of nitrogen functional groups attached to an aromatic ring is 1. The van der Waals surface area contributed by atoms with Gasteiger partial charge in [0.25, 0.3) is 0 Å². The van der Waals surface area contributed by atoms with Gasteiger partial charge in [-0.05, 0) is 49.7 Å². The molecule has 3 aromatic rings. The number of nitrogens with one attached hydrogen (secondary N) is 1. The van der Waals surface area contributed by atoms with Crippen LogP contribution >= 0.6 is 0 Å². The van der Waals surface area contributed by atoms with Crippen molar-refractivity contribution < 1.29 is 4.39 Å². The Morgan fingerprint density at radius 1 is 0.967 bits per heavy atom. The molecule has 0 spiro atoms. The number of halogens is 1. The Kier molecular flexibility index (Phi) is 5.76. The van der Waals surface area contributed by atoms with E-state index in [4.69, 9.17) is 5.73 Å². The molecule has 0 bridgehead atoms. The highest BCUT2D eigenvalue weighted by Crippen LogP contribution is 2.21. The SMILES string of the molecule is Cc1ccc(Nc2nc(N)nc(CN3CCN(c4ccc(F)cc4)CC3)n2)c(C)c1. The Bertz CT molecular complexity index is 1010. The average molecular weight is 407 g/mol. The van der Waals surface area contributed by atoms with Gasteiger partial charge in [0.05, 0.1) is 6.54 Å². The fraction of sp³-hybridized carbons (Fsp3) is 0.318. The number of hydrogen-bond donors (Lipinski definition) is 2. The van der Waals surface area contributed by atoms with E-state index in [-0.39, 0.29) is 11.8 Å². The van der Waals surface area contributed by atoms with E-state index < -0.39 is 0 Å². The van der Waals surface area contributed by atoms with Gasteiger partial charge >= 0.3 is 0 Å². The number of nitrogens with two attached hydrogens (primary N) is 1. The van der Waals surface area contributed by atoms with Gasteiger partial charge in [-0.25, -0.2) is 4.39 Å². The molecule has 30 heavy (non-hydrogen) atoms. The van der Waals surface area contributed by atoms with Crippen molar-refractivity contribution in [3.8, 4) is 0 Å². The van der Waals surface area contributed by atoms with E-state index in [2.05, 4.69) is 43.1 Å². The van der Waals surface area contributed by atoms with Crippen molar-refractivity contribution >= 4 is 23.3 Å². The number of nitrogens with zero attached hydrogens (tertiary/aromatic N) is 5. The van der Waals surface area contributed by atoms with Crippen molar-refractivity contribution in [3.05, 3.63) is 65.2 Å². The summed E-state index contributed by atoms with van der Waals surface area (Å²) in [6, 6.07) is 12.8. The summed E-state index contributed by atoms with van der Waals surface area (Å²) in [5.41, 5.74) is 10.2. The third-order valence-electron chi connectivity index (χ3n) is 5.26. The minimum Gasteiger partial charge on any atom is -0.369 e. The van der Waals surface area contributed by atoms with Crippen LogP contribution in [0.1, 0.15) is 17.0 Å². The number of rotatable bonds is 5. The summed E-state index contributed by atoms with van der Waals surface area (Å²) in [6.45, 7) is 8.16. The zero-order chi connectivity index (χ0) is 21.1. The predicted octanol–water partition coefficient (Wildman–Crippen LogP) is 3.28. The Morgan fingerprint density at radius 3 is 2.40 bits per heavy atom. The number of benzene rings is 2. The summed E-state index contributed by atoms with van der Waals surface area (Å²) in [4.78, 5) is 17.6. The van der Waals surface area contributed by atoms with Crippen LogP contribution in [0.15, 0.2) is 42.5 Å². The highest BCUT2D eigenvalue weighted by molar-refractivity contribution is 5.59. The van der Waals surface area contributed by atoms with Crippen LogP contribution in [-0.2, 0) is 6.54 Å². The smallest absolute Gasteiger partial charge is 0.232 e. The number of hydrogen-bond acceptors (Lipinski definition) is 7. The molecule has 2 heterocycles. The van der Waals surface area contributed by atoms with Gasteiger partial charge in [-0.3, -0.25) is 4.90 Å². The molecule has 8 heteroatoms. The van der Waals surface area contributed by atoms with Crippen LogP contribution in [0.3, 0.4) is 0 Å². The highest BCUT2D eigenvalue weighted by Gasteiger charge is 2.19. The number of aromatic nitrogens is 3. The molecule has 2 aromatic carbocycles. The molecule has 0 radical (unpaired) electrons. The van der Waals surface area contributed by atoms with Crippen LogP contribution in [0.25, 0.3) is 0 Å². The molecule has 0 atom stereocenters. The van der Waals surface area contributed by atoms with Crippen LogP contribution < -0.4 is 16.0 Å². The van der Waals surface area contributed by atoms with Crippen molar-refractivity contribution in [2.24, 2.45) is 0 Å². The van der Waals surface area contributed by atoms with E-state index in [9.17, 15) is 4.39 Å². The maximum atomic E-state index is 13.1. The molecule has 3 N–H and O–H groups in total. The first-order chi connectivity index (χ1) is 14.5. The maximum Gasteiger partial charge on any atom is 0.232 e. The topological polar surface area (TPSA) is 83.2 Å². The average Bonchev–Trinajstić information content (AvgIpc) is 2.71. The van der Waals surface area contributed by atoms with Gasteiger partial charge in [0.15, 0.2) is 0 Å². The summed E-state index contributed by atoms with van der Waals surface area (Å²) in [5.74, 6) is 1.09. The van der Waals surface area contributed by atoms with Crippen LogP contribution in [0.5, 0.6) is 0 Å². The first kappa shape index (κ1) is 20.0. The van der Waals surface area contributed by atoms with Crippen LogP contribution in [-0.4, -0.2) is 46.0 Å². The van der Waals surface area contributed by atoms with Gasteiger partial charge in [0, 0.05) is 37.6 Å². The Hall–Kier alpha value is -3.26. The summed E-state index contributed by atoms with van der Waals surface area (Å²) < 4.78 is 13.1. The lowest BCUT2D eigenvalue weighted by molar-refractivity contribution is 0.244. The van der Waals surface area contributed by atoms with E-state index in [0.717, 1.165) is 43.1 Å². The van der Waals surface area contributed by atoms with Gasteiger partial charge in [-0.1, -0.05) is 17.7 Å². The molecule has 0 saturated carbocycles. The zero-order valence-electron chi connectivity index (χ0n) is 17.3. The normalized spacial score (nSPS) is 14.7. The van der Waals surface area contributed by atoms with E-state index in [1.54, 1.807) is 0 Å². The molecule has 0 aliphatic carbocycles. The lowest BCUT2D eigenvalue weighted by Crippen LogP contribution is -2.46. The molecule has 7 nitrogen and oxygen atoms in total. The molecular formula is C22H26FN7. The molecule has 0 unspecified atom stereocenters. The van der Waals surface area contributed by atoms with Crippen molar-refractivity contribution in [1.29, 1.82) is 0 Å². The van der Waals surface area contributed by atoms with E-state index in [1.807, 2.05) is 31.2 Å². The number of anilines is 4. The Labute approximate surface area is 175 Å².